The van der Waals surface area contributed by atoms with E-state index >= 15 is 0 Å². The first-order valence-corrected chi connectivity index (χ1v) is 12.8. The molecule has 4 rings (SSSR count). The number of carbonyl (C=O) groups is 4. The molecule has 8 heteroatoms. The number of aromatic nitrogens is 1. The van der Waals surface area contributed by atoms with Gasteiger partial charge in [0, 0.05) is 23.1 Å². The van der Waals surface area contributed by atoms with Gasteiger partial charge in [-0.1, -0.05) is 56.7 Å². The molecule has 0 aliphatic heterocycles. The Bertz CT molecular complexity index is 1080. The lowest BCUT2D eigenvalue weighted by molar-refractivity contribution is -0.154. The zero-order valence-corrected chi connectivity index (χ0v) is 20.3. The van der Waals surface area contributed by atoms with Gasteiger partial charge in [-0.25, -0.2) is 4.79 Å². The largest absolute Gasteiger partial charge is 0.480 e. The van der Waals surface area contributed by atoms with E-state index in [1.165, 1.54) is 13.1 Å². The minimum atomic E-state index is -1.32. The zero-order valence-electron chi connectivity index (χ0n) is 20.3. The summed E-state index contributed by atoms with van der Waals surface area (Å²) in [6.07, 6.45) is 10.8. The standard InChI is InChI=1S/C27H35N3O5/c1-17(27(34)35)30(26(33)24(31)21-16-28-22-15-9-8-14-20(21)22)23(18-10-4-2-5-11-18)25(32)29-19-12-6-3-7-13-19/h8-9,14-19,23,28H,2-7,10-13H2,1H3,(H,29,32)(H,34,35)/t17-,23?/m0/s1. The van der Waals surface area contributed by atoms with Crippen molar-refractivity contribution < 1.29 is 24.3 Å². The molecule has 2 saturated carbocycles. The number of carbonyl (C=O) groups excluding carboxylic acids is 3. The van der Waals surface area contributed by atoms with Crippen molar-refractivity contribution in [1.82, 2.24) is 15.2 Å². The molecule has 1 heterocycles. The fraction of sp³-hybridized carbons (Fsp3) is 0.556. The molecule has 8 nitrogen and oxygen atoms in total. The van der Waals surface area contributed by atoms with Crippen LogP contribution >= 0.6 is 0 Å². The van der Waals surface area contributed by atoms with E-state index in [0.29, 0.717) is 10.9 Å². The van der Waals surface area contributed by atoms with Gasteiger partial charge in [-0.3, -0.25) is 14.4 Å². The van der Waals surface area contributed by atoms with Crippen molar-refractivity contribution >= 4 is 34.5 Å². The number of nitrogens with one attached hydrogen (secondary N) is 2. The fourth-order valence-corrected chi connectivity index (χ4v) is 5.70. The number of aromatic amines is 1. The van der Waals surface area contributed by atoms with Crippen molar-refractivity contribution in [2.45, 2.75) is 89.3 Å². The number of hydrogen-bond donors (Lipinski definition) is 3. The lowest BCUT2D eigenvalue weighted by atomic mass is 9.81. The number of Topliss-reactive ketones (excluding diaryl/α,β-unsaturated/α-hetero) is 1. The number of nitrogens with zero attached hydrogens (tertiary/aromatic N) is 1. The van der Waals surface area contributed by atoms with E-state index in [9.17, 15) is 24.3 Å². The molecule has 2 atom stereocenters. The van der Waals surface area contributed by atoms with Crippen LogP contribution in [-0.4, -0.2) is 56.7 Å². The number of benzene rings is 1. The average molecular weight is 482 g/mol. The van der Waals surface area contributed by atoms with Crippen LogP contribution in [0.3, 0.4) is 0 Å². The number of amides is 2. The number of para-hydroxylation sites is 1. The number of rotatable bonds is 8. The number of fused-ring (bicyclic) bond motifs is 1. The first kappa shape index (κ1) is 24.9. The van der Waals surface area contributed by atoms with Gasteiger partial charge in [0.1, 0.15) is 12.1 Å². The van der Waals surface area contributed by atoms with E-state index in [4.69, 9.17) is 0 Å². The summed E-state index contributed by atoms with van der Waals surface area (Å²) in [5, 5.41) is 13.6. The van der Waals surface area contributed by atoms with Crippen LogP contribution in [0.5, 0.6) is 0 Å². The Labute approximate surface area is 205 Å². The summed E-state index contributed by atoms with van der Waals surface area (Å²) >= 11 is 0. The third-order valence-electron chi connectivity index (χ3n) is 7.65. The predicted molar refractivity (Wildman–Crippen MR) is 132 cm³/mol. The molecule has 0 bridgehead atoms. The highest BCUT2D eigenvalue weighted by Crippen LogP contribution is 2.32. The molecule has 3 N–H and O–H groups in total. The SMILES string of the molecule is C[C@@H](C(=O)O)N(C(=O)C(=O)c1c[nH]c2ccccc12)C(C(=O)NC1CCCCC1)C1CCCCC1. The average Bonchev–Trinajstić information content (AvgIpc) is 3.31. The smallest absolute Gasteiger partial charge is 0.326 e. The molecule has 1 aromatic carbocycles. The minimum Gasteiger partial charge on any atom is -0.480 e. The van der Waals surface area contributed by atoms with Crippen LogP contribution in [0, 0.1) is 5.92 Å². The van der Waals surface area contributed by atoms with E-state index in [1.54, 1.807) is 18.2 Å². The summed E-state index contributed by atoms with van der Waals surface area (Å²) in [6.45, 7) is 1.38. The second-order valence-corrected chi connectivity index (χ2v) is 9.99. The third-order valence-corrected chi connectivity index (χ3v) is 7.65. The van der Waals surface area contributed by atoms with Gasteiger partial charge in [0.25, 0.3) is 11.7 Å². The van der Waals surface area contributed by atoms with E-state index in [1.807, 2.05) is 6.07 Å². The maximum atomic E-state index is 13.7. The molecule has 2 aliphatic carbocycles. The van der Waals surface area contributed by atoms with Crippen molar-refractivity contribution in [3.63, 3.8) is 0 Å². The fourth-order valence-electron chi connectivity index (χ4n) is 5.70. The Kier molecular flexibility index (Phi) is 7.88. The van der Waals surface area contributed by atoms with E-state index in [-0.39, 0.29) is 23.4 Å². The number of hydrogen-bond acceptors (Lipinski definition) is 4. The Hall–Kier alpha value is -3.16. The summed E-state index contributed by atoms with van der Waals surface area (Å²) in [7, 11) is 0. The molecule has 0 radical (unpaired) electrons. The molecule has 0 spiro atoms. The maximum Gasteiger partial charge on any atom is 0.326 e. The van der Waals surface area contributed by atoms with Gasteiger partial charge < -0.3 is 20.3 Å². The third kappa shape index (κ3) is 5.41. The second-order valence-electron chi connectivity index (χ2n) is 9.99. The van der Waals surface area contributed by atoms with Crippen LogP contribution < -0.4 is 5.32 Å². The maximum absolute atomic E-state index is 13.7. The van der Waals surface area contributed by atoms with Crippen LogP contribution in [0.25, 0.3) is 10.9 Å². The molecular weight excluding hydrogens is 446 g/mol. The molecule has 2 amide bonds. The first-order chi connectivity index (χ1) is 16.9. The van der Waals surface area contributed by atoms with Crippen LogP contribution in [0.2, 0.25) is 0 Å². The second kappa shape index (κ2) is 11.1. The Morgan fingerprint density at radius 3 is 2.26 bits per heavy atom. The number of H-pyrrole nitrogens is 1. The number of aliphatic carboxylic acids is 1. The van der Waals surface area contributed by atoms with Gasteiger partial charge >= 0.3 is 5.97 Å². The summed E-state index contributed by atoms with van der Waals surface area (Å²) in [4.78, 5) is 57.0. The van der Waals surface area contributed by atoms with Crippen molar-refractivity contribution in [3.05, 3.63) is 36.0 Å². The summed E-state index contributed by atoms with van der Waals surface area (Å²) in [6, 6.07) is 4.84. The summed E-state index contributed by atoms with van der Waals surface area (Å²) in [5.74, 6) is -3.51. The van der Waals surface area contributed by atoms with Gasteiger partial charge in [0.2, 0.25) is 5.91 Å². The normalized spacial score (nSPS) is 19.1. The van der Waals surface area contributed by atoms with Crippen molar-refractivity contribution in [1.29, 1.82) is 0 Å². The highest BCUT2D eigenvalue weighted by molar-refractivity contribution is 6.45. The Balaban J connectivity index is 1.69. The molecule has 2 aromatic rings. The summed E-state index contributed by atoms with van der Waals surface area (Å²) < 4.78 is 0. The quantitative estimate of drug-likeness (QED) is 0.388. The van der Waals surface area contributed by atoms with E-state index in [2.05, 4.69) is 10.3 Å². The van der Waals surface area contributed by atoms with Crippen molar-refractivity contribution in [2.75, 3.05) is 0 Å². The molecule has 1 unspecified atom stereocenters. The number of carboxylic acid groups (broad SMARTS) is 1. The molecular formula is C27H35N3O5. The first-order valence-electron chi connectivity index (χ1n) is 12.8. The molecule has 0 saturated heterocycles. The molecule has 2 aliphatic rings. The molecule has 188 valence electrons. The number of carboxylic acids is 1. The van der Waals surface area contributed by atoms with Gasteiger partial charge in [-0.05, 0) is 44.6 Å². The van der Waals surface area contributed by atoms with Crippen LogP contribution in [-0.2, 0) is 14.4 Å². The van der Waals surface area contributed by atoms with E-state index in [0.717, 1.165) is 69.1 Å². The van der Waals surface area contributed by atoms with Gasteiger partial charge in [-0.15, -0.1) is 0 Å². The van der Waals surface area contributed by atoms with Crippen molar-refractivity contribution in [3.8, 4) is 0 Å². The topological polar surface area (TPSA) is 120 Å². The van der Waals surface area contributed by atoms with E-state index < -0.39 is 29.7 Å². The molecule has 35 heavy (non-hydrogen) atoms. The van der Waals surface area contributed by atoms with Crippen LogP contribution in [0.15, 0.2) is 30.5 Å². The molecule has 2 fully saturated rings. The Morgan fingerprint density at radius 1 is 0.971 bits per heavy atom. The number of ketones is 1. The summed E-state index contributed by atoms with van der Waals surface area (Å²) in [5.41, 5.74) is 0.892. The Morgan fingerprint density at radius 2 is 1.60 bits per heavy atom. The minimum absolute atomic E-state index is 0.0174. The lowest BCUT2D eigenvalue weighted by Crippen LogP contribution is -2.60. The van der Waals surface area contributed by atoms with Gasteiger partial charge in [-0.2, -0.15) is 0 Å². The highest BCUT2D eigenvalue weighted by Gasteiger charge is 2.44. The molecule has 1 aromatic heterocycles. The predicted octanol–water partition coefficient (Wildman–Crippen LogP) is 4.05. The highest BCUT2D eigenvalue weighted by atomic mass is 16.4. The lowest BCUT2D eigenvalue weighted by Gasteiger charge is -2.40. The van der Waals surface area contributed by atoms with Crippen LogP contribution in [0.1, 0.15) is 81.5 Å². The zero-order chi connectivity index (χ0) is 24.9. The van der Waals surface area contributed by atoms with Crippen LogP contribution in [0.4, 0.5) is 0 Å². The van der Waals surface area contributed by atoms with Gasteiger partial charge in [0.05, 0.1) is 5.56 Å². The van der Waals surface area contributed by atoms with Crippen molar-refractivity contribution in [2.24, 2.45) is 5.92 Å². The van der Waals surface area contributed by atoms with Gasteiger partial charge in [0.15, 0.2) is 0 Å². The monoisotopic (exact) mass is 481 g/mol.